The monoisotopic (exact) mass is 646 g/mol. The third-order valence-corrected chi connectivity index (χ3v) is 7.34. The van der Waals surface area contributed by atoms with Gasteiger partial charge in [-0.15, -0.1) is 0 Å². The normalized spacial score (nSPS) is 13.7. The zero-order valence-electron chi connectivity index (χ0n) is 25.3. The number of carboxylic acids is 4. The number of aromatic hydroxyl groups is 2. The van der Waals surface area contributed by atoms with E-state index < -0.39 is 61.6 Å². The van der Waals surface area contributed by atoms with E-state index >= 15 is 0 Å². The van der Waals surface area contributed by atoms with Gasteiger partial charge in [-0.1, -0.05) is 18.2 Å². The van der Waals surface area contributed by atoms with Gasteiger partial charge in [-0.2, -0.15) is 0 Å². The molecule has 2 aliphatic heterocycles. The van der Waals surface area contributed by atoms with Gasteiger partial charge in [0.25, 0.3) is 0 Å². The van der Waals surface area contributed by atoms with Gasteiger partial charge in [0.2, 0.25) is 0 Å². The van der Waals surface area contributed by atoms with E-state index in [4.69, 9.17) is 9.47 Å². The fourth-order valence-corrected chi connectivity index (χ4v) is 5.66. The number of benzene rings is 3. The zero-order chi connectivity index (χ0) is 32.6. The first-order valence-corrected chi connectivity index (χ1v) is 13.3. The van der Waals surface area contributed by atoms with E-state index in [9.17, 15) is 54.6 Å². The van der Waals surface area contributed by atoms with Crippen LogP contribution in [-0.2, 0) is 42.6 Å². The molecule has 15 nitrogen and oxygen atoms in total. The second kappa shape index (κ2) is 13.4. The first-order valence-electron chi connectivity index (χ1n) is 13.3. The number of phenols is 2. The van der Waals surface area contributed by atoms with E-state index in [1.165, 1.54) is 30.3 Å². The van der Waals surface area contributed by atoms with Crippen molar-refractivity contribution in [1.82, 2.24) is 9.80 Å². The summed E-state index contributed by atoms with van der Waals surface area (Å²) in [6.45, 7) is -3.27. The molecule has 3 aromatic rings. The Balaban J connectivity index is 0.00000300. The molecule has 46 heavy (non-hydrogen) atoms. The Kier molecular flexibility index (Phi) is 9.94. The molecule has 2 heterocycles. The van der Waals surface area contributed by atoms with Crippen LogP contribution in [0.5, 0.6) is 23.0 Å². The summed E-state index contributed by atoms with van der Waals surface area (Å²) in [7, 11) is 0. The average molecular weight is 647 g/mol. The van der Waals surface area contributed by atoms with Gasteiger partial charge in [0.15, 0.2) is 5.60 Å². The number of rotatable bonds is 12. The van der Waals surface area contributed by atoms with Crippen LogP contribution in [0.1, 0.15) is 39.6 Å². The SMILES string of the molecule is O=C(O)CN(CC(=O)O)Cc1cc2c(cc1O)Oc1cc(O)c(CN(CC(=O)O)CC(=O)O)cc1C21OC(=O)c2ccccc21.[H-].[Na+]. The first-order chi connectivity index (χ1) is 21.3. The molecule has 0 radical (unpaired) electrons. The second-order valence-electron chi connectivity index (χ2n) is 10.5. The van der Waals surface area contributed by atoms with Gasteiger partial charge < -0.3 is 41.5 Å². The first kappa shape index (κ1) is 34.2. The van der Waals surface area contributed by atoms with Crippen LogP contribution in [0, 0.1) is 0 Å². The summed E-state index contributed by atoms with van der Waals surface area (Å²) in [6.07, 6.45) is 0. The van der Waals surface area contributed by atoms with E-state index in [1.807, 2.05) is 0 Å². The Morgan fingerprint density at radius 2 is 1.09 bits per heavy atom. The van der Waals surface area contributed by atoms with Crippen molar-refractivity contribution in [2.45, 2.75) is 18.7 Å². The summed E-state index contributed by atoms with van der Waals surface area (Å²) in [5, 5.41) is 59.0. The largest absolute Gasteiger partial charge is 1.00 e. The fraction of sp³-hybridized carbons (Fsp3) is 0.233. The fourth-order valence-electron chi connectivity index (χ4n) is 5.66. The number of carbonyl (C=O) groups is 5. The number of hydrogen-bond acceptors (Lipinski definition) is 11. The molecule has 0 bridgehead atoms. The molecule has 0 fully saturated rings. The maximum atomic E-state index is 13.3. The topological polar surface area (TPSA) is 232 Å². The number of hydrogen-bond donors (Lipinski definition) is 6. The molecule has 236 valence electrons. The van der Waals surface area contributed by atoms with Crippen LogP contribution in [0.15, 0.2) is 48.5 Å². The molecule has 2 aliphatic rings. The maximum absolute atomic E-state index is 13.3. The molecule has 1 spiro atoms. The van der Waals surface area contributed by atoms with Gasteiger partial charge in [-0.05, 0) is 18.2 Å². The Morgan fingerprint density at radius 1 is 0.674 bits per heavy atom. The molecular formula is C30H27N2NaO13. The van der Waals surface area contributed by atoms with Crippen LogP contribution < -0.4 is 34.3 Å². The summed E-state index contributed by atoms with van der Waals surface area (Å²) in [5.41, 5.74) is -0.636. The minimum absolute atomic E-state index is 0. The molecule has 16 heteroatoms. The number of esters is 1. The number of ether oxygens (including phenoxy) is 2. The summed E-state index contributed by atoms with van der Waals surface area (Å²) < 4.78 is 12.1. The Morgan fingerprint density at radius 3 is 1.50 bits per heavy atom. The average Bonchev–Trinajstić information content (AvgIpc) is 3.22. The van der Waals surface area contributed by atoms with Crippen molar-refractivity contribution in [3.05, 3.63) is 81.9 Å². The second-order valence-corrected chi connectivity index (χ2v) is 10.5. The van der Waals surface area contributed by atoms with Gasteiger partial charge >= 0.3 is 59.4 Å². The van der Waals surface area contributed by atoms with Crippen LogP contribution in [0.4, 0.5) is 0 Å². The smallest absolute Gasteiger partial charge is 1.00 e. The summed E-state index contributed by atoms with van der Waals surface area (Å²) in [5.74, 6) is -6.62. The molecule has 0 atom stereocenters. The van der Waals surface area contributed by atoms with Crippen molar-refractivity contribution in [3.8, 4) is 23.0 Å². The Hall–Kier alpha value is -4.67. The third kappa shape index (κ3) is 6.63. The summed E-state index contributed by atoms with van der Waals surface area (Å²) in [6, 6.07) is 11.7. The van der Waals surface area contributed by atoms with E-state index in [0.29, 0.717) is 5.56 Å². The number of nitrogens with zero attached hydrogens (tertiary/aromatic N) is 2. The number of fused-ring (bicyclic) bond motifs is 6. The summed E-state index contributed by atoms with van der Waals surface area (Å²) >= 11 is 0. The van der Waals surface area contributed by atoms with Crippen LogP contribution in [0.3, 0.4) is 0 Å². The van der Waals surface area contributed by atoms with E-state index in [2.05, 4.69) is 0 Å². The minimum Gasteiger partial charge on any atom is -1.00 e. The molecule has 0 unspecified atom stereocenters. The zero-order valence-corrected chi connectivity index (χ0v) is 26.3. The van der Waals surface area contributed by atoms with Crippen molar-refractivity contribution >= 4 is 29.8 Å². The quantitative estimate of drug-likeness (QED) is 0.0994. The Labute approximate surface area is 283 Å². The van der Waals surface area contributed by atoms with Crippen LogP contribution in [-0.4, -0.2) is 96.5 Å². The molecule has 3 aromatic carbocycles. The van der Waals surface area contributed by atoms with Crippen molar-refractivity contribution < 1.29 is 95.1 Å². The number of aliphatic carboxylic acids is 4. The number of phenolic OH excluding ortho intramolecular Hbond substituents is 2. The van der Waals surface area contributed by atoms with Crippen LogP contribution >= 0.6 is 0 Å². The van der Waals surface area contributed by atoms with Crippen molar-refractivity contribution in [1.29, 1.82) is 0 Å². The van der Waals surface area contributed by atoms with Gasteiger partial charge in [-0.25, -0.2) is 4.79 Å². The number of carboxylic acid groups (broad SMARTS) is 4. The Bertz CT molecular complexity index is 1640. The van der Waals surface area contributed by atoms with E-state index in [0.717, 1.165) is 9.80 Å². The number of carbonyl (C=O) groups excluding carboxylic acids is 1. The van der Waals surface area contributed by atoms with E-state index in [-0.39, 0.29) is 94.9 Å². The molecular weight excluding hydrogens is 619 g/mol. The van der Waals surface area contributed by atoms with Gasteiger partial charge in [0, 0.05) is 53.0 Å². The molecule has 0 amide bonds. The predicted octanol–water partition coefficient (Wildman–Crippen LogP) is -1.28. The van der Waals surface area contributed by atoms with E-state index in [1.54, 1.807) is 18.2 Å². The van der Waals surface area contributed by atoms with Gasteiger partial charge in [0.1, 0.15) is 23.0 Å². The van der Waals surface area contributed by atoms with Gasteiger partial charge in [-0.3, -0.25) is 29.0 Å². The maximum Gasteiger partial charge on any atom is 1.00 e. The molecule has 6 N–H and O–H groups in total. The molecule has 0 aliphatic carbocycles. The van der Waals surface area contributed by atoms with Gasteiger partial charge in [0.05, 0.1) is 31.7 Å². The summed E-state index contributed by atoms with van der Waals surface area (Å²) in [4.78, 5) is 61.0. The molecule has 0 aromatic heterocycles. The third-order valence-electron chi connectivity index (χ3n) is 7.34. The predicted molar refractivity (Wildman–Crippen MR) is 150 cm³/mol. The van der Waals surface area contributed by atoms with Crippen LogP contribution in [0.2, 0.25) is 0 Å². The van der Waals surface area contributed by atoms with Crippen LogP contribution in [0.25, 0.3) is 0 Å². The van der Waals surface area contributed by atoms with Crippen molar-refractivity contribution in [3.63, 3.8) is 0 Å². The van der Waals surface area contributed by atoms with Crippen molar-refractivity contribution in [2.24, 2.45) is 0 Å². The molecule has 0 saturated carbocycles. The molecule has 5 rings (SSSR count). The standard InChI is InChI=1S/C30H26N2O13.Na.H/c33-21-7-23-19(5-15(21)9-31(11-25(35)36)12-26(37)38)30(18-4-2-1-3-17(18)29(43)45-30)20-6-16(22(34)8-24(20)44-23)10-32(13-27(39)40)14-28(41)42;;/h1-8,33-34H,9-14H2,(H,35,36)(H,37,38)(H,39,40)(H,41,42);;/q;+1;-1. The minimum atomic E-state index is -1.75. The van der Waals surface area contributed by atoms with Crippen molar-refractivity contribution in [2.75, 3.05) is 26.2 Å². The molecule has 0 saturated heterocycles.